The van der Waals surface area contributed by atoms with Crippen LogP contribution in [0, 0.1) is 0 Å². The second-order valence-corrected chi connectivity index (χ2v) is 6.94. The van der Waals surface area contributed by atoms with Crippen LogP contribution in [0.25, 0.3) is 21.8 Å². The van der Waals surface area contributed by atoms with Crippen LogP contribution in [0.4, 0.5) is 0 Å². The second-order valence-electron chi connectivity index (χ2n) is 5.17. The van der Waals surface area contributed by atoms with Crippen LogP contribution in [-0.2, 0) is 14.8 Å². The first kappa shape index (κ1) is 15.7. The van der Waals surface area contributed by atoms with E-state index in [0.717, 1.165) is 5.52 Å². The molecule has 0 fully saturated rings. The molecular formula is C15H17N3O4S. The molecule has 0 saturated heterocycles. The van der Waals surface area contributed by atoms with Crippen molar-refractivity contribution in [2.75, 3.05) is 20.3 Å². The van der Waals surface area contributed by atoms with Crippen LogP contribution >= 0.6 is 0 Å². The lowest BCUT2D eigenvalue weighted by atomic mass is 10.2. The topological polar surface area (TPSA) is 104 Å². The molecule has 3 N–H and O–H groups in total. The Kier molecular flexibility index (Phi) is 4.20. The zero-order valence-electron chi connectivity index (χ0n) is 12.5. The maximum atomic E-state index is 12.3. The van der Waals surface area contributed by atoms with Crippen LogP contribution in [0.3, 0.4) is 0 Å². The number of H-pyrrole nitrogens is 2. The van der Waals surface area contributed by atoms with Crippen molar-refractivity contribution < 1.29 is 13.2 Å². The van der Waals surface area contributed by atoms with Crippen LogP contribution < -0.4 is 10.3 Å². The van der Waals surface area contributed by atoms with E-state index in [1.165, 1.54) is 6.07 Å². The fraction of sp³-hybridized carbons (Fsp3) is 0.267. The first-order chi connectivity index (χ1) is 11.0. The van der Waals surface area contributed by atoms with Crippen molar-refractivity contribution in [1.29, 1.82) is 0 Å². The second kappa shape index (κ2) is 6.15. The molecule has 2 aromatic heterocycles. The standard InChI is InChI=1S/C15H17N3O4S/c1-22-8-2-6-17-23(20,21)10-3-4-13-12(9-10)11-5-7-16-15(19)14(11)18-13/h3-5,7,9,17-18H,2,6,8H2,1H3,(H,16,19). The highest BCUT2D eigenvalue weighted by Crippen LogP contribution is 2.25. The number of methoxy groups -OCH3 is 1. The molecule has 1 aromatic carbocycles. The average Bonchev–Trinajstić information content (AvgIpc) is 2.91. The van der Waals surface area contributed by atoms with Crippen LogP contribution in [0.15, 0.2) is 40.2 Å². The number of pyridine rings is 1. The number of hydrogen-bond donors (Lipinski definition) is 3. The number of ether oxygens (including phenoxy) is 1. The van der Waals surface area contributed by atoms with Gasteiger partial charge in [-0.2, -0.15) is 0 Å². The van der Waals surface area contributed by atoms with Crippen LogP contribution in [0.5, 0.6) is 0 Å². The summed E-state index contributed by atoms with van der Waals surface area (Å²) in [6, 6.07) is 6.51. The largest absolute Gasteiger partial charge is 0.385 e. The summed E-state index contributed by atoms with van der Waals surface area (Å²) in [6.07, 6.45) is 2.14. The van der Waals surface area contributed by atoms with Gasteiger partial charge in [0.2, 0.25) is 10.0 Å². The Hall–Kier alpha value is -2.16. The number of nitrogens with one attached hydrogen (secondary N) is 3. The lowest BCUT2D eigenvalue weighted by Crippen LogP contribution is -2.25. The molecule has 3 rings (SSSR count). The molecule has 8 heteroatoms. The highest BCUT2D eigenvalue weighted by molar-refractivity contribution is 7.89. The number of hydrogen-bond acceptors (Lipinski definition) is 4. The van der Waals surface area contributed by atoms with Crippen LogP contribution in [0.1, 0.15) is 6.42 Å². The Labute approximate surface area is 132 Å². The van der Waals surface area contributed by atoms with Crippen molar-refractivity contribution in [3.63, 3.8) is 0 Å². The van der Waals surface area contributed by atoms with Gasteiger partial charge in [-0.25, -0.2) is 13.1 Å². The molecule has 0 aliphatic rings. The number of fused-ring (bicyclic) bond motifs is 3. The van der Waals surface area contributed by atoms with Crippen molar-refractivity contribution in [1.82, 2.24) is 14.7 Å². The zero-order chi connectivity index (χ0) is 16.4. The molecule has 0 aliphatic heterocycles. The van der Waals surface area contributed by atoms with E-state index in [1.807, 2.05) is 0 Å². The summed E-state index contributed by atoms with van der Waals surface area (Å²) >= 11 is 0. The van der Waals surface area contributed by atoms with Gasteiger partial charge in [0, 0.05) is 42.7 Å². The number of aromatic amines is 2. The third-order valence-electron chi connectivity index (χ3n) is 3.63. The maximum Gasteiger partial charge on any atom is 0.272 e. The molecule has 0 atom stereocenters. The summed E-state index contributed by atoms with van der Waals surface area (Å²) in [7, 11) is -2.02. The van der Waals surface area contributed by atoms with E-state index >= 15 is 0 Å². The van der Waals surface area contributed by atoms with Crippen molar-refractivity contribution >= 4 is 31.8 Å². The molecule has 3 aromatic rings. The normalized spacial score (nSPS) is 12.2. The quantitative estimate of drug-likeness (QED) is 0.591. The molecular weight excluding hydrogens is 318 g/mol. The van der Waals surface area contributed by atoms with Gasteiger partial charge in [0.1, 0.15) is 5.52 Å². The highest BCUT2D eigenvalue weighted by atomic mass is 32.2. The fourth-order valence-electron chi connectivity index (χ4n) is 2.49. The van der Waals surface area contributed by atoms with Crippen molar-refractivity contribution in [3.05, 3.63) is 40.8 Å². The molecule has 0 amide bonds. The summed E-state index contributed by atoms with van der Waals surface area (Å²) in [4.78, 5) is 17.6. The first-order valence-corrected chi connectivity index (χ1v) is 8.63. The fourth-order valence-corrected chi connectivity index (χ4v) is 3.59. The number of rotatable bonds is 6. The van der Waals surface area contributed by atoms with E-state index in [1.54, 1.807) is 31.5 Å². The smallest absolute Gasteiger partial charge is 0.272 e. The maximum absolute atomic E-state index is 12.3. The minimum absolute atomic E-state index is 0.170. The predicted molar refractivity (Wildman–Crippen MR) is 88.1 cm³/mol. The van der Waals surface area contributed by atoms with E-state index in [0.29, 0.717) is 35.9 Å². The van der Waals surface area contributed by atoms with Gasteiger partial charge in [0.25, 0.3) is 5.56 Å². The minimum Gasteiger partial charge on any atom is -0.385 e. The Bertz CT molecular complexity index is 1000. The summed E-state index contributed by atoms with van der Waals surface area (Å²) < 4.78 is 32.1. The Balaban J connectivity index is 2.01. The molecule has 2 heterocycles. The van der Waals surface area contributed by atoms with Gasteiger partial charge in [-0.15, -0.1) is 0 Å². The lowest BCUT2D eigenvalue weighted by Gasteiger charge is -2.06. The van der Waals surface area contributed by atoms with Gasteiger partial charge < -0.3 is 14.7 Å². The predicted octanol–water partition coefficient (Wildman–Crippen LogP) is 1.32. The van der Waals surface area contributed by atoms with Crippen LogP contribution in [-0.4, -0.2) is 38.6 Å². The first-order valence-electron chi connectivity index (χ1n) is 7.14. The average molecular weight is 335 g/mol. The van der Waals surface area contributed by atoms with E-state index in [4.69, 9.17) is 4.74 Å². The molecule has 122 valence electrons. The van der Waals surface area contributed by atoms with Crippen molar-refractivity contribution in [2.45, 2.75) is 11.3 Å². The van der Waals surface area contributed by atoms with Gasteiger partial charge in [0.15, 0.2) is 0 Å². The monoisotopic (exact) mass is 335 g/mol. The van der Waals surface area contributed by atoms with Gasteiger partial charge in [0.05, 0.1) is 4.90 Å². The summed E-state index contributed by atoms with van der Waals surface area (Å²) in [5.41, 5.74) is 0.918. The molecule has 0 radical (unpaired) electrons. The molecule has 0 bridgehead atoms. The minimum atomic E-state index is -3.59. The number of aromatic nitrogens is 2. The zero-order valence-corrected chi connectivity index (χ0v) is 13.4. The van der Waals surface area contributed by atoms with Gasteiger partial charge in [-0.05, 0) is 30.7 Å². The Morgan fingerprint density at radius 3 is 2.83 bits per heavy atom. The number of sulfonamides is 1. The van der Waals surface area contributed by atoms with E-state index in [-0.39, 0.29) is 10.5 Å². The SMILES string of the molecule is COCCCNS(=O)(=O)c1ccc2[nH]c3c(=O)[nH]ccc3c2c1. The van der Waals surface area contributed by atoms with Crippen molar-refractivity contribution in [3.8, 4) is 0 Å². The van der Waals surface area contributed by atoms with E-state index in [2.05, 4.69) is 14.7 Å². The third kappa shape index (κ3) is 3.00. The molecule has 0 aliphatic carbocycles. The molecule has 0 saturated carbocycles. The van der Waals surface area contributed by atoms with E-state index < -0.39 is 10.0 Å². The summed E-state index contributed by atoms with van der Waals surface area (Å²) in [6.45, 7) is 0.800. The molecule has 0 spiro atoms. The molecule has 7 nitrogen and oxygen atoms in total. The van der Waals surface area contributed by atoms with E-state index in [9.17, 15) is 13.2 Å². The van der Waals surface area contributed by atoms with Gasteiger partial charge >= 0.3 is 0 Å². The van der Waals surface area contributed by atoms with Gasteiger partial charge in [-0.3, -0.25) is 4.79 Å². The van der Waals surface area contributed by atoms with Gasteiger partial charge in [-0.1, -0.05) is 0 Å². The third-order valence-corrected chi connectivity index (χ3v) is 5.09. The number of benzene rings is 1. The van der Waals surface area contributed by atoms with Crippen LogP contribution in [0.2, 0.25) is 0 Å². The Morgan fingerprint density at radius 2 is 2.04 bits per heavy atom. The van der Waals surface area contributed by atoms with Crippen molar-refractivity contribution in [2.24, 2.45) is 0 Å². The lowest BCUT2D eigenvalue weighted by molar-refractivity contribution is 0.196. The Morgan fingerprint density at radius 1 is 1.22 bits per heavy atom. The highest BCUT2D eigenvalue weighted by Gasteiger charge is 2.16. The summed E-state index contributed by atoms with van der Waals surface area (Å²) in [5, 5.41) is 1.39. The molecule has 23 heavy (non-hydrogen) atoms. The molecule has 0 unspecified atom stereocenters. The summed E-state index contributed by atoms with van der Waals surface area (Å²) in [5.74, 6) is 0.